The minimum absolute atomic E-state index is 0.180. The molecule has 0 saturated heterocycles. The minimum Gasteiger partial charge on any atom is -0.480 e. The number of carboxylic acids is 1. The van der Waals surface area contributed by atoms with Crippen molar-refractivity contribution in [1.29, 1.82) is 0 Å². The van der Waals surface area contributed by atoms with Gasteiger partial charge in [0.15, 0.2) is 0 Å². The molecule has 0 aromatic carbocycles. The third-order valence-corrected chi connectivity index (χ3v) is 2.64. The first-order valence-electron chi connectivity index (χ1n) is 5.68. The number of nitrogens with one attached hydrogen (secondary N) is 1. The molecule has 104 valence electrons. The number of ether oxygens (including phenoxy) is 1. The van der Waals surface area contributed by atoms with Crippen molar-refractivity contribution in [3.63, 3.8) is 0 Å². The molecule has 0 bridgehead atoms. The first-order chi connectivity index (χ1) is 9.04. The number of hydrogen-bond donors (Lipinski definition) is 2. The highest BCUT2D eigenvalue weighted by molar-refractivity contribution is 6.29. The van der Waals surface area contributed by atoms with E-state index in [1.165, 1.54) is 25.4 Å². The van der Waals surface area contributed by atoms with Gasteiger partial charge in [-0.3, -0.25) is 4.79 Å². The van der Waals surface area contributed by atoms with Crippen molar-refractivity contribution in [3.8, 4) is 0 Å². The van der Waals surface area contributed by atoms with Gasteiger partial charge in [0.05, 0.1) is 0 Å². The standard InChI is InChI=1S/C12H15ClN2O4/c1-19-6-2-3-9(12(17)18)15-11(16)8-4-5-14-10(13)7-8/h4-5,7,9H,2-3,6H2,1H3,(H,15,16)(H,17,18). The number of carbonyl (C=O) groups is 2. The lowest BCUT2D eigenvalue weighted by molar-refractivity contribution is -0.139. The Balaban J connectivity index is 2.63. The summed E-state index contributed by atoms with van der Waals surface area (Å²) in [5.41, 5.74) is 0.276. The van der Waals surface area contributed by atoms with Gasteiger partial charge in [-0.15, -0.1) is 0 Å². The van der Waals surface area contributed by atoms with Crippen LogP contribution < -0.4 is 5.32 Å². The number of carboxylic acid groups (broad SMARTS) is 1. The molecule has 0 fully saturated rings. The molecule has 0 radical (unpaired) electrons. The number of halogens is 1. The first-order valence-corrected chi connectivity index (χ1v) is 6.06. The molecule has 0 aliphatic carbocycles. The number of aliphatic carboxylic acids is 1. The molecule has 0 aliphatic rings. The van der Waals surface area contributed by atoms with Gasteiger partial charge in [-0.25, -0.2) is 9.78 Å². The monoisotopic (exact) mass is 286 g/mol. The zero-order valence-electron chi connectivity index (χ0n) is 10.4. The Hall–Kier alpha value is -1.66. The average molecular weight is 287 g/mol. The Labute approximate surface area is 115 Å². The van der Waals surface area contributed by atoms with E-state index in [-0.39, 0.29) is 10.7 Å². The van der Waals surface area contributed by atoms with Gasteiger partial charge in [0.2, 0.25) is 0 Å². The second-order valence-electron chi connectivity index (χ2n) is 3.87. The molecule has 1 aromatic heterocycles. The lowest BCUT2D eigenvalue weighted by Crippen LogP contribution is -2.40. The van der Waals surface area contributed by atoms with Crippen LogP contribution in [0.5, 0.6) is 0 Å². The summed E-state index contributed by atoms with van der Waals surface area (Å²) in [6.45, 7) is 0.445. The number of carbonyl (C=O) groups excluding carboxylic acids is 1. The van der Waals surface area contributed by atoms with Crippen molar-refractivity contribution in [2.24, 2.45) is 0 Å². The van der Waals surface area contributed by atoms with Gasteiger partial charge in [0.1, 0.15) is 11.2 Å². The molecular formula is C12H15ClN2O4. The summed E-state index contributed by atoms with van der Waals surface area (Å²) in [6, 6.07) is 1.90. The van der Waals surface area contributed by atoms with Crippen LogP contribution in [0.15, 0.2) is 18.3 Å². The Bertz CT molecular complexity index is 453. The number of nitrogens with zero attached hydrogens (tertiary/aromatic N) is 1. The zero-order valence-corrected chi connectivity index (χ0v) is 11.2. The van der Waals surface area contributed by atoms with Crippen LogP contribution in [0.1, 0.15) is 23.2 Å². The van der Waals surface area contributed by atoms with Gasteiger partial charge in [0, 0.05) is 25.5 Å². The number of methoxy groups -OCH3 is 1. The molecule has 1 heterocycles. The summed E-state index contributed by atoms with van der Waals surface area (Å²) in [4.78, 5) is 26.6. The van der Waals surface area contributed by atoms with Crippen molar-refractivity contribution in [2.75, 3.05) is 13.7 Å². The molecule has 1 aromatic rings. The molecule has 1 rings (SSSR count). The van der Waals surface area contributed by atoms with Crippen LogP contribution in [-0.2, 0) is 9.53 Å². The third kappa shape index (κ3) is 5.23. The van der Waals surface area contributed by atoms with E-state index in [4.69, 9.17) is 21.4 Å². The van der Waals surface area contributed by atoms with Crippen molar-refractivity contribution < 1.29 is 19.4 Å². The molecule has 1 atom stereocenters. The Morgan fingerprint density at radius 1 is 1.58 bits per heavy atom. The van der Waals surface area contributed by atoms with Crippen LogP contribution in [0.2, 0.25) is 5.15 Å². The number of aromatic nitrogens is 1. The SMILES string of the molecule is COCCCC(NC(=O)c1ccnc(Cl)c1)C(=O)O. The van der Waals surface area contributed by atoms with Gasteiger partial charge in [0.25, 0.3) is 5.91 Å². The molecule has 19 heavy (non-hydrogen) atoms. The summed E-state index contributed by atoms with van der Waals surface area (Å²) >= 11 is 5.67. The van der Waals surface area contributed by atoms with Crippen LogP contribution in [0.3, 0.4) is 0 Å². The van der Waals surface area contributed by atoms with Crippen LogP contribution in [0.4, 0.5) is 0 Å². The first kappa shape index (κ1) is 15.4. The largest absolute Gasteiger partial charge is 0.480 e. The van der Waals surface area contributed by atoms with Crippen molar-refractivity contribution in [2.45, 2.75) is 18.9 Å². The van der Waals surface area contributed by atoms with E-state index in [9.17, 15) is 9.59 Å². The Morgan fingerprint density at radius 2 is 2.32 bits per heavy atom. The van der Waals surface area contributed by atoms with E-state index in [1.807, 2.05) is 0 Å². The molecule has 0 aliphatic heterocycles. The summed E-state index contributed by atoms with van der Waals surface area (Å²) in [7, 11) is 1.54. The van der Waals surface area contributed by atoms with Gasteiger partial charge < -0.3 is 15.2 Å². The topological polar surface area (TPSA) is 88.5 Å². The predicted molar refractivity (Wildman–Crippen MR) is 69.2 cm³/mol. The van der Waals surface area contributed by atoms with Gasteiger partial charge >= 0.3 is 5.97 Å². The molecule has 6 nitrogen and oxygen atoms in total. The molecular weight excluding hydrogens is 272 g/mol. The summed E-state index contributed by atoms with van der Waals surface area (Å²) in [5.74, 6) is -1.57. The minimum atomic E-state index is -1.08. The average Bonchev–Trinajstić information content (AvgIpc) is 2.37. The van der Waals surface area contributed by atoms with E-state index < -0.39 is 17.9 Å². The van der Waals surface area contributed by atoms with Crippen LogP contribution in [-0.4, -0.2) is 41.7 Å². The lowest BCUT2D eigenvalue weighted by atomic mass is 10.1. The van der Waals surface area contributed by atoms with E-state index in [0.29, 0.717) is 19.4 Å². The van der Waals surface area contributed by atoms with Gasteiger partial charge in [-0.1, -0.05) is 11.6 Å². The quantitative estimate of drug-likeness (QED) is 0.583. The zero-order chi connectivity index (χ0) is 14.3. The van der Waals surface area contributed by atoms with Crippen molar-refractivity contribution in [3.05, 3.63) is 29.0 Å². The third-order valence-electron chi connectivity index (χ3n) is 2.43. The highest BCUT2D eigenvalue weighted by Gasteiger charge is 2.20. The second-order valence-corrected chi connectivity index (χ2v) is 4.25. The maximum absolute atomic E-state index is 11.9. The molecule has 1 unspecified atom stereocenters. The summed E-state index contributed by atoms with van der Waals surface area (Å²) in [5, 5.41) is 11.6. The van der Waals surface area contributed by atoms with Crippen molar-refractivity contribution >= 4 is 23.5 Å². The highest BCUT2D eigenvalue weighted by Crippen LogP contribution is 2.08. The predicted octanol–water partition coefficient (Wildman–Crippen LogP) is 1.34. The fourth-order valence-corrected chi connectivity index (χ4v) is 1.65. The lowest BCUT2D eigenvalue weighted by Gasteiger charge is -2.14. The summed E-state index contributed by atoms with van der Waals surface area (Å²) < 4.78 is 4.85. The van der Waals surface area contributed by atoms with Crippen molar-refractivity contribution in [1.82, 2.24) is 10.3 Å². The van der Waals surface area contributed by atoms with Gasteiger partial charge in [-0.2, -0.15) is 0 Å². The highest BCUT2D eigenvalue weighted by atomic mass is 35.5. The smallest absolute Gasteiger partial charge is 0.326 e. The van der Waals surface area contributed by atoms with E-state index in [1.54, 1.807) is 0 Å². The molecule has 7 heteroatoms. The summed E-state index contributed by atoms with van der Waals surface area (Å²) in [6.07, 6.45) is 2.23. The number of amides is 1. The van der Waals surface area contributed by atoms with E-state index >= 15 is 0 Å². The molecule has 0 spiro atoms. The fourth-order valence-electron chi connectivity index (χ4n) is 1.47. The Morgan fingerprint density at radius 3 is 2.89 bits per heavy atom. The molecule has 2 N–H and O–H groups in total. The fraction of sp³-hybridized carbons (Fsp3) is 0.417. The van der Waals surface area contributed by atoms with Gasteiger partial charge in [-0.05, 0) is 25.0 Å². The van der Waals surface area contributed by atoms with Crippen LogP contribution in [0.25, 0.3) is 0 Å². The van der Waals surface area contributed by atoms with E-state index in [2.05, 4.69) is 10.3 Å². The normalized spacial score (nSPS) is 11.9. The van der Waals surface area contributed by atoms with Crippen LogP contribution in [0, 0.1) is 0 Å². The maximum Gasteiger partial charge on any atom is 0.326 e. The Kier molecular flexibility index (Phi) is 6.24. The van der Waals surface area contributed by atoms with Crippen LogP contribution >= 0.6 is 11.6 Å². The molecule has 0 saturated carbocycles. The van der Waals surface area contributed by atoms with E-state index in [0.717, 1.165) is 0 Å². The maximum atomic E-state index is 11.9. The number of pyridine rings is 1. The number of hydrogen-bond acceptors (Lipinski definition) is 4. The second kappa shape index (κ2) is 7.70. The molecule has 1 amide bonds. The number of rotatable bonds is 7.